The van der Waals surface area contributed by atoms with Crippen molar-refractivity contribution in [2.75, 3.05) is 26.2 Å². The molecule has 0 saturated heterocycles. The standard InChI is InChI=1S/C27H31N3O4S/c1-5-29(6-2)15-10-16-30-22(20-14-13-17(3)34-20)21(24(32)27(30)33)23(31)25-18(4)28-26(35-25)19-11-8-7-9-12-19/h7-9,11-14,22,32H,5-6,10,15-16H2,1-4H3. The minimum absolute atomic E-state index is 0.0542. The van der Waals surface area contributed by atoms with E-state index in [1.54, 1.807) is 24.0 Å². The number of hydrogen-bond donors (Lipinski definition) is 1. The van der Waals surface area contributed by atoms with E-state index >= 15 is 0 Å². The number of benzene rings is 1. The van der Waals surface area contributed by atoms with Crippen LogP contribution in [0.15, 0.2) is 58.2 Å². The Labute approximate surface area is 209 Å². The van der Waals surface area contributed by atoms with E-state index in [2.05, 4.69) is 23.7 Å². The molecule has 1 N–H and O–H groups in total. The van der Waals surface area contributed by atoms with Gasteiger partial charge in [0.2, 0.25) is 5.78 Å². The summed E-state index contributed by atoms with van der Waals surface area (Å²) in [4.78, 5) is 35.8. The van der Waals surface area contributed by atoms with Crippen molar-refractivity contribution in [3.05, 3.63) is 75.9 Å². The van der Waals surface area contributed by atoms with Crippen molar-refractivity contribution >= 4 is 23.0 Å². The van der Waals surface area contributed by atoms with Gasteiger partial charge >= 0.3 is 0 Å². The number of aromatic nitrogens is 1. The van der Waals surface area contributed by atoms with Crippen LogP contribution in [0.25, 0.3) is 10.6 Å². The van der Waals surface area contributed by atoms with Crippen molar-refractivity contribution in [1.82, 2.24) is 14.8 Å². The quantitative estimate of drug-likeness (QED) is 0.384. The van der Waals surface area contributed by atoms with Gasteiger partial charge in [0.1, 0.15) is 22.6 Å². The average Bonchev–Trinajstić information content (AvgIpc) is 3.54. The van der Waals surface area contributed by atoms with E-state index in [0.29, 0.717) is 28.6 Å². The molecule has 1 unspecified atom stereocenters. The fourth-order valence-corrected chi connectivity index (χ4v) is 5.48. The van der Waals surface area contributed by atoms with Gasteiger partial charge in [-0.15, -0.1) is 11.3 Å². The summed E-state index contributed by atoms with van der Waals surface area (Å²) in [6.07, 6.45) is 0.718. The lowest BCUT2D eigenvalue weighted by Crippen LogP contribution is -2.34. The van der Waals surface area contributed by atoms with Crippen LogP contribution in [0.3, 0.4) is 0 Å². The monoisotopic (exact) mass is 493 g/mol. The van der Waals surface area contributed by atoms with Crippen LogP contribution in [0, 0.1) is 13.8 Å². The molecule has 1 aromatic carbocycles. The first-order valence-corrected chi connectivity index (χ1v) is 12.8. The van der Waals surface area contributed by atoms with Crippen LogP contribution in [0.5, 0.6) is 0 Å². The predicted octanol–water partition coefficient (Wildman–Crippen LogP) is 5.33. The van der Waals surface area contributed by atoms with E-state index in [9.17, 15) is 14.7 Å². The van der Waals surface area contributed by atoms with Crippen LogP contribution in [-0.2, 0) is 4.79 Å². The summed E-state index contributed by atoms with van der Waals surface area (Å²) in [5.74, 6) is -0.299. The van der Waals surface area contributed by atoms with Gasteiger partial charge in [-0.25, -0.2) is 4.98 Å². The zero-order valence-corrected chi connectivity index (χ0v) is 21.4. The lowest BCUT2D eigenvalue weighted by atomic mass is 9.99. The molecule has 184 valence electrons. The third-order valence-electron chi connectivity index (χ3n) is 6.37. The van der Waals surface area contributed by atoms with Gasteiger partial charge in [0.05, 0.1) is 16.1 Å². The Morgan fingerprint density at radius 2 is 1.86 bits per heavy atom. The summed E-state index contributed by atoms with van der Waals surface area (Å²) in [5.41, 5.74) is 1.54. The third kappa shape index (κ3) is 4.94. The highest BCUT2D eigenvalue weighted by Crippen LogP contribution is 2.41. The van der Waals surface area contributed by atoms with Gasteiger partial charge in [-0.05, 0) is 52.0 Å². The van der Waals surface area contributed by atoms with E-state index in [4.69, 9.17) is 4.42 Å². The molecule has 4 rings (SSSR count). The molecule has 0 spiro atoms. The van der Waals surface area contributed by atoms with Crippen LogP contribution >= 0.6 is 11.3 Å². The van der Waals surface area contributed by atoms with Crippen molar-refractivity contribution < 1.29 is 19.1 Å². The van der Waals surface area contributed by atoms with E-state index in [1.807, 2.05) is 37.3 Å². The van der Waals surface area contributed by atoms with Gasteiger partial charge in [-0.2, -0.15) is 0 Å². The van der Waals surface area contributed by atoms with Gasteiger partial charge in [-0.3, -0.25) is 9.59 Å². The molecule has 0 bridgehead atoms. The Balaban J connectivity index is 1.68. The molecule has 3 aromatic rings. The number of rotatable bonds is 10. The molecule has 1 aliphatic heterocycles. The number of ketones is 1. The summed E-state index contributed by atoms with van der Waals surface area (Å²) in [7, 11) is 0. The normalized spacial score (nSPS) is 16.1. The SMILES string of the molecule is CCN(CC)CCCN1C(=O)C(O)=C(C(=O)c2sc(-c3ccccc3)nc2C)C1c1ccc(C)o1. The van der Waals surface area contributed by atoms with Crippen LogP contribution in [0.2, 0.25) is 0 Å². The molecule has 1 aliphatic rings. The Hall–Kier alpha value is -3.23. The molecule has 0 aliphatic carbocycles. The number of carbonyl (C=O) groups is 2. The van der Waals surface area contributed by atoms with Crippen LogP contribution in [0.4, 0.5) is 0 Å². The summed E-state index contributed by atoms with van der Waals surface area (Å²) in [6.45, 7) is 10.9. The second-order valence-corrected chi connectivity index (χ2v) is 9.62. The van der Waals surface area contributed by atoms with Gasteiger partial charge in [0.15, 0.2) is 5.76 Å². The highest BCUT2D eigenvalue weighted by atomic mass is 32.1. The molecule has 8 heteroatoms. The second-order valence-electron chi connectivity index (χ2n) is 8.62. The summed E-state index contributed by atoms with van der Waals surface area (Å²) in [5, 5.41) is 11.6. The Bertz CT molecular complexity index is 1240. The number of aliphatic hydroxyl groups is 1. The molecular weight excluding hydrogens is 462 g/mol. The van der Waals surface area contributed by atoms with E-state index < -0.39 is 23.5 Å². The maximum Gasteiger partial charge on any atom is 0.290 e. The number of aliphatic hydroxyl groups excluding tert-OH is 1. The Morgan fingerprint density at radius 1 is 1.14 bits per heavy atom. The Morgan fingerprint density at radius 3 is 2.49 bits per heavy atom. The highest BCUT2D eigenvalue weighted by Gasteiger charge is 2.45. The molecule has 0 saturated carbocycles. The molecule has 7 nitrogen and oxygen atoms in total. The number of Topliss-reactive ketones (excluding diaryl/α,β-unsaturated/α-hetero) is 1. The number of nitrogens with zero attached hydrogens (tertiary/aromatic N) is 3. The first-order chi connectivity index (χ1) is 16.8. The minimum Gasteiger partial charge on any atom is -0.503 e. The zero-order valence-electron chi connectivity index (χ0n) is 20.6. The minimum atomic E-state index is -0.776. The number of thiazole rings is 1. The maximum absolute atomic E-state index is 13.8. The molecule has 35 heavy (non-hydrogen) atoms. The second kappa shape index (κ2) is 10.6. The van der Waals surface area contributed by atoms with Crippen molar-refractivity contribution in [2.45, 2.75) is 40.2 Å². The first-order valence-electron chi connectivity index (χ1n) is 12.0. The van der Waals surface area contributed by atoms with E-state index in [1.165, 1.54) is 11.3 Å². The van der Waals surface area contributed by atoms with Crippen molar-refractivity contribution in [1.29, 1.82) is 0 Å². The molecular formula is C27H31N3O4S. The van der Waals surface area contributed by atoms with Crippen LogP contribution < -0.4 is 0 Å². The van der Waals surface area contributed by atoms with E-state index in [-0.39, 0.29) is 5.57 Å². The van der Waals surface area contributed by atoms with Crippen molar-refractivity contribution in [2.24, 2.45) is 0 Å². The summed E-state index contributed by atoms with van der Waals surface area (Å²) < 4.78 is 5.87. The van der Waals surface area contributed by atoms with Crippen LogP contribution in [-0.4, -0.2) is 57.8 Å². The molecule has 3 heterocycles. The largest absolute Gasteiger partial charge is 0.503 e. The maximum atomic E-state index is 13.8. The summed E-state index contributed by atoms with van der Waals surface area (Å²) >= 11 is 1.27. The average molecular weight is 494 g/mol. The first kappa shape index (κ1) is 24.9. The van der Waals surface area contributed by atoms with Crippen molar-refractivity contribution in [3.63, 3.8) is 0 Å². The Kier molecular flexibility index (Phi) is 7.52. The number of carbonyl (C=O) groups excluding carboxylic acids is 2. The zero-order chi connectivity index (χ0) is 25.1. The van der Waals surface area contributed by atoms with E-state index in [0.717, 1.165) is 36.6 Å². The summed E-state index contributed by atoms with van der Waals surface area (Å²) in [6, 6.07) is 12.4. The van der Waals surface area contributed by atoms with Gasteiger partial charge < -0.3 is 19.3 Å². The molecule has 1 atom stereocenters. The highest BCUT2D eigenvalue weighted by molar-refractivity contribution is 7.17. The fourth-order valence-electron chi connectivity index (χ4n) is 4.45. The van der Waals surface area contributed by atoms with Crippen LogP contribution in [0.1, 0.15) is 53.2 Å². The molecule has 0 fully saturated rings. The predicted molar refractivity (Wildman–Crippen MR) is 137 cm³/mol. The van der Waals surface area contributed by atoms with Gasteiger partial charge in [-0.1, -0.05) is 44.2 Å². The number of amides is 1. The fraction of sp³-hybridized carbons (Fsp3) is 0.370. The number of furan rings is 1. The van der Waals surface area contributed by atoms with Gasteiger partial charge in [0, 0.05) is 12.1 Å². The molecule has 2 aromatic heterocycles. The smallest absolute Gasteiger partial charge is 0.290 e. The molecule has 1 amide bonds. The molecule has 0 radical (unpaired) electrons. The van der Waals surface area contributed by atoms with Crippen molar-refractivity contribution in [3.8, 4) is 10.6 Å². The third-order valence-corrected chi connectivity index (χ3v) is 7.58. The lowest BCUT2D eigenvalue weighted by molar-refractivity contribution is -0.129. The van der Waals surface area contributed by atoms with Gasteiger partial charge in [0.25, 0.3) is 5.91 Å². The topological polar surface area (TPSA) is 86.9 Å². The lowest BCUT2D eigenvalue weighted by Gasteiger charge is -2.26. The number of hydrogen-bond acceptors (Lipinski definition) is 7. The number of aryl methyl sites for hydroxylation is 2.